The van der Waals surface area contributed by atoms with E-state index in [4.69, 9.17) is 0 Å². The van der Waals surface area contributed by atoms with Gasteiger partial charge in [0.1, 0.15) is 10.7 Å². The van der Waals surface area contributed by atoms with Gasteiger partial charge in [-0.05, 0) is 12.1 Å². The summed E-state index contributed by atoms with van der Waals surface area (Å²) in [4.78, 5) is 9.93. The summed E-state index contributed by atoms with van der Waals surface area (Å²) in [5.41, 5.74) is -0.403. The van der Waals surface area contributed by atoms with E-state index in [9.17, 15) is 18.5 Å². The molecule has 106 valence electrons. The Hall–Kier alpha value is -2.27. The lowest BCUT2D eigenvalue weighted by Gasteiger charge is -2.08. The molecule has 2 aromatic rings. The second-order valence-electron chi connectivity index (χ2n) is 3.55. The fraction of sp³-hybridized carbons (Fsp3) is 0.111. The molecule has 0 saturated carbocycles. The lowest BCUT2D eigenvalue weighted by molar-refractivity contribution is -0.386. The van der Waals surface area contributed by atoms with Gasteiger partial charge in [-0.15, -0.1) is 5.10 Å². The van der Waals surface area contributed by atoms with Crippen LogP contribution < -0.4 is 10.0 Å². The summed E-state index contributed by atoms with van der Waals surface area (Å²) in [6, 6.07) is 4.00. The van der Waals surface area contributed by atoms with Crippen LogP contribution in [0.1, 0.15) is 0 Å². The summed E-state index contributed by atoms with van der Waals surface area (Å²) < 4.78 is 30.1. The number of sulfonamides is 1. The van der Waals surface area contributed by atoms with E-state index in [2.05, 4.69) is 19.6 Å². The predicted octanol–water partition coefficient (Wildman–Crippen LogP) is 1.29. The Kier molecular flexibility index (Phi) is 3.81. The Bertz CT molecular complexity index is 729. The van der Waals surface area contributed by atoms with Gasteiger partial charge in [-0.3, -0.25) is 14.8 Å². The second-order valence-corrected chi connectivity index (χ2v) is 5.98. The first-order chi connectivity index (χ1) is 9.45. The summed E-state index contributed by atoms with van der Waals surface area (Å²) >= 11 is 0.832. The van der Waals surface area contributed by atoms with Crippen LogP contribution in [-0.4, -0.2) is 30.0 Å². The summed E-state index contributed by atoms with van der Waals surface area (Å²) in [6.45, 7) is 0. The highest BCUT2D eigenvalue weighted by molar-refractivity contribution is 7.93. The second kappa shape index (κ2) is 5.38. The molecule has 0 fully saturated rings. The average molecular weight is 315 g/mol. The maximum atomic E-state index is 12.2. The molecule has 0 unspecified atom stereocenters. The molecule has 0 bridgehead atoms. The topological polar surface area (TPSA) is 127 Å². The van der Waals surface area contributed by atoms with E-state index in [1.165, 1.54) is 25.4 Å². The molecule has 1 heterocycles. The van der Waals surface area contributed by atoms with Crippen LogP contribution in [0.25, 0.3) is 0 Å². The summed E-state index contributed by atoms with van der Waals surface area (Å²) in [6.07, 6.45) is 1.22. The largest absolute Gasteiger partial charge is 0.383 e. The zero-order valence-corrected chi connectivity index (χ0v) is 11.7. The van der Waals surface area contributed by atoms with Crippen molar-refractivity contribution >= 4 is 37.9 Å². The van der Waals surface area contributed by atoms with Crippen molar-refractivity contribution in [1.29, 1.82) is 0 Å². The number of nitrogens with zero attached hydrogens (tertiary/aromatic N) is 3. The monoisotopic (exact) mass is 315 g/mol. The van der Waals surface area contributed by atoms with Crippen LogP contribution in [0.5, 0.6) is 0 Å². The molecule has 20 heavy (non-hydrogen) atoms. The third kappa shape index (κ3) is 2.67. The van der Waals surface area contributed by atoms with Gasteiger partial charge in [0.05, 0.1) is 11.1 Å². The molecular weight excluding hydrogens is 306 g/mol. The lowest BCUT2D eigenvalue weighted by atomic mass is 10.3. The highest BCUT2D eigenvalue weighted by Crippen LogP contribution is 2.32. The highest BCUT2D eigenvalue weighted by Gasteiger charge is 2.29. The van der Waals surface area contributed by atoms with E-state index in [1.807, 2.05) is 0 Å². The zero-order valence-electron chi connectivity index (χ0n) is 10.1. The Balaban J connectivity index is 2.54. The van der Waals surface area contributed by atoms with Crippen molar-refractivity contribution in [2.45, 2.75) is 4.90 Å². The van der Waals surface area contributed by atoms with E-state index >= 15 is 0 Å². The quantitative estimate of drug-likeness (QED) is 0.628. The molecule has 0 saturated heterocycles. The smallest absolute Gasteiger partial charge is 0.312 e. The molecule has 0 aliphatic rings. The number of nitro groups is 1. The third-order valence-corrected chi connectivity index (χ3v) is 4.44. The first-order valence-electron chi connectivity index (χ1n) is 5.21. The van der Waals surface area contributed by atoms with Crippen LogP contribution >= 0.6 is 11.5 Å². The van der Waals surface area contributed by atoms with Crippen molar-refractivity contribution in [3.05, 3.63) is 34.5 Å². The van der Waals surface area contributed by atoms with Gasteiger partial charge in [-0.2, -0.15) is 0 Å². The Morgan fingerprint density at radius 3 is 2.70 bits per heavy atom. The van der Waals surface area contributed by atoms with Crippen molar-refractivity contribution in [2.24, 2.45) is 0 Å². The number of anilines is 2. The molecule has 0 spiro atoms. The van der Waals surface area contributed by atoms with E-state index in [0.29, 0.717) is 0 Å². The minimum Gasteiger partial charge on any atom is -0.383 e. The Morgan fingerprint density at radius 1 is 1.40 bits per heavy atom. The van der Waals surface area contributed by atoms with E-state index in [0.717, 1.165) is 17.6 Å². The number of aromatic nitrogens is 2. The van der Waals surface area contributed by atoms with Crippen LogP contribution in [-0.2, 0) is 10.0 Å². The molecule has 0 radical (unpaired) electrons. The number of nitrogens with one attached hydrogen (secondary N) is 2. The summed E-state index contributed by atoms with van der Waals surface area (Å²) in [5.74, 6) is 0. The number of hydrogen-bond acceptors (Lipinski definition) is 8. The number of hydrogen-bond donors (Lipinski definition) is 2. The van der Waals surface area contributed by atoms with Gasteiger partial charge in [0.2, 0.25) is 0 Å². The molecule has 0 aliphatic heterocycles. The van der Waals surface area contributed by atoms with Crippen LogP contribution in [0.15, 0.2) is 29.3 Å². The normalized spacial score (nSPS) is 11.1. The molecule has 9 nitrogen and oxygen atoms in total. The fourth-order valence-corrected chi connectivity index (χ4v) is 3.41. The molecule has 11 heteroatoms. The van der Waals surface area contributed by atoms with E-state index < -0.39 is 25.5 Å². The third-order valence-electron chi connectivity index (χ3n) is 2.34. The van der Waals surface area contributed by atoms with Crippen LogP contribution in [0, 0.1) is 10.1 Å². The van der Waals surface area contributed by atoms with Gasteiger partial charge in [0.15, 0.2) is 4.90 Å². The lowest BCUT2D eigenvalue weighted by Crippen LogP contribution is -2.14. The first kappa shape index (κ1) is 14.1. The average Bonchev–Trinajstić information content (AvgIpc) is 2.89. The van der Waals surface area contributed by atoms with Gasteiger partial charge in [0.25, 0.3) is 10.0 Å². The molecule has 0 amide bonds. The van der Waals surface area contributed by atoms with Crippen molar-refractivity contribution in [1.82, 2.24) is 9.59 Å². The summed E-state index contributed by atoms with van der Waals surface area (Å²) in [7, 11) is -2.62. The van der Waals surface area contributed by atoms with Gasteiger partial charge >= 0.3 is 5.69 Å². The van der Waals surface area contributed by atoms with Crippen LogP contribution in [0.4, 0.5) is 16.4 Å². The van der Waals surface area contributed by atoms with Crippen molar-refractivity contribution in [3.63, 3.8) is 0 Å². The van der Waals surface area contributed by atoms with Crippen molar-refractivity contribution in [2.75, 3.05) is 17.1 Å². The van der Waals surface area contributed by atoms with Gasteiger partial charge in [-0.1, -0.05) is 10.6 Å². The predicted molar refractivity (Wildman–Crippen MR) is 73.4 cm³/mol. The van der Waals surface area contributed by atoms with Crippen LogP contribution in [0.3, 0.4) is 0 Å². The molecule has 1 aromatic heterocycles. The number of para-hydroxylation sites is 1. The molecule has 2 rings (SSSR count). The standard InChI is InChI=1S/C9H9N5O4S2/c1-10-6-3-2-4-7(9(6)14(15)16)20(17,18)12-8-5-11-13-19-8/h2-5,10,12H,1H3. The van der Waals surface area contributed by atoms with Crippen molar-refractivity contribution in [3.8, 4) is 0 Å². The zero-order chi connectivity index (χ0) is 14.8. The highest BCUT2D eigenvalue weighted by atomic mass is 32.2. The molecular formula is C9H9N5O4S2. The molecule has 1 aromatic carbocycles. The number of benzene rings is 1. The van der Waals surface area contributed by atoms with E-state index in [-0.39, 0.29) is 10.7 Å². The molecule has 0 aliphatic carbocycles. The number of nitro benzene ring substituents is 1. The van der Waals surface area contributed by atoms with Gasteiger partial charge < -0.3 is 5.32 Å². The first-order valence-corrected chi connectivity index (χ1v) is 7.46. The SMILES string of the molecule is CNc1cccc(S(=O)(=O)Nc2cnns2)c1[N+](=O)[O-]. The van der Waals surface area contributed by atoms with E-state index in [1.54, 1.807) is 0 Å². The molecule has 2 N–H and O–H groups in total. The molecule has 0 atom stereocenters. The maximum absolute atomic E-state index is 12.2. The Labute approximate surface area is 118 Å². The van der Waals surface area contributed by atoms with Gasteiger partial charge in [0, 0.05) is 18.6 Å². The van der Waals surface area contributed by atoms with Crippen molar-refractivity contribution < 1.29 is 13.3 Å². The minimum absolute atomic E-state index is 0.111. The summed E-state index contributed by atoms with van der Waals surface area (Å²) in [5, 5.41) is 17.4. The number of rotatable bonds is 5. The minimum atomic E-state index is -4.09. The maximum Gasteiger partial charge on any atom is 0.312 e. The fourth-order valence-electron chi connectivity index (χ4n) is 1.53. The Morgan fingerprint density at radius 2 is 2.15 bits per heavy atom. The van der Waals surface area contributed by atoms with Gasteiger partial charge in [-0.25, -0.2) is 8.42 Å². The van der Waals surface area contributed by atoms with Crippen LogP contribution in [0.2, 0.25) is 0 Å².